The summed E-state index contributed by atoms with van der Waals surface area (Å²) < 4.78 is 5.29. The molecule has 5 nitrogen and oxygen atoms in total. The minimum atomic E-state index is -0.0513. The summed E-state index contributed by atoms with van der Waals surface area (Å²) in [4.78, 5) is 20.8. The highest BCUT2D eigenvalue weighted by Gasteiger charge is 2.10. The molecule has 128 valence electrons. The lowest BCUT2D eigenvalue weighted by atomic mass is 10.2. The molecule has 25 heavy (non-hydrogen) atoms. The highest BCUT2D eigenvalue weighted by Crippen LogP contribution is 2.26. The van der Waals surface area contributed by atoms with Crippen molar-refractivity contribution in [1.82, 2.24) is 9.97 Å². The van der Waals surface area contributed by atoms with E-state index in [4.69, 9.17) is 4.74 Å². The average molecular weight is 353 g/mol. The molecule has 1 aromatic carbocycles. The van der Waals surface area contributed by atoms with E-state index in [1.165, 1.54) is 0 Å². The highest BCUT2D eigenvalue weighted by molar-refractivity contribution is 7.09. The standard InChI is InChI=1S/C19H19N3O2S/c1-13-3-4-17(24-2)15(11-13)21-18(23)5-6-19-22-16(12-25-19)14-7-9-20-10-8-14/h3-4,7-12H,5-6H2,1-2H3,(H,21,23). The molecule has 0 aliphatic carbocycles. The first-order chi connectivity index (χ1) is 12.2. The normalized spacial score (nSPS) is 10.5. The maximum atomic E-state index is 12.2. The van der Waals surface area contributed by atoms with Crippen LogP contribution < -0.4 is 10.1 Å². The second-order valence-electron chi connectivity index (χ2n) is 5.61. The number of hydrogen-bond acceptors (Lipinski definition) is 5. The largest absolute Gasteiger partial charge is 0.495 e. The molecule has 0 saturated carbocycles. The maximum absolute atomic E-state index is 12.2. The van der Waals surface area contributed by atoms with Crippen LogP contribution in [0.5, 0.6) is 5.75 Å². The first kappa shape index (κ1) is 17.1. The molecule has 1 N–H and O–H groups in total. The van der Waals surface area contributed by atoms with Gasteiger partial charge in [-0.2, -0.15) is 0 Å². The summed E-state index contributed by atoms with van der Waals surface area (Å²) in [6, 6.07) is 9.56. The van der Waals surface area contributed by atoms with E-state index in [-0.39, 0.29) is 5.91 Å². The minimum absolute atomic E-state index is 0.0513. The molecular weight excluding hydrogens is 334 g/mol. The number of nitrogens with zero attached hydrogens (tertiary/aromatic N) is 2. The number of aromatic nitrogens is 2. The van der Waals surface area contributed by atoms with Crippen LogP contribution in [0, 0.1) is 6.92 Å². The number of anilines is 1. The van der Waals surface area contributed by atoms with Gasteiger partial charge in [0.05, 0.1) is 23.5 Å². The van der Waals surface area contributed by atoms with Crippen LogP contribution in [0.15, 0.2) is 48.1 Å². The van der Waals surface area contributed by atoms with E-state index in [2.05, 4.69) is 15.3 Å². The van der Waals surface area contributed by atoms with E-state index < -0.39 is 0 Å². The minimum Gasteiger partial charge on any atom is -0.495 e. The van der Waals surface area contributed by atoms with Crippen molar-refractivity contribution in [1.29, 1.82) is 0 Å². The van der Waals surface area contributed by atoms with E-state index in [1.807, 2.05) is 42.6 Å². The maximum Gasteiger partial charge on any atom is 0.224 e. The highest BCUT2D eigenvalue weighted by atomic mass is 32.1. The third-order valence-corrected chi connectivity index (χ3v) is 4.63. The number of aryl methyl sites for hydroxylation is 2. The summed E-state index contributed by atoms with van der Waals surface area (Å²) in [6.45, 7) is 1.98. The molecule has 3 rings (SSSR count). The number of thiazole rings is 1. The fourth-order valence-corrected chi connectivity index (χ4v) is 3.24. The van der Waals surface area contributed by atoms with Gasteiger partial charge in [0.25, 0.3) is 0 Å². The molecule has 2 aromatic heterocycles. The Morgan fingerprint density at radius 1 is 1.24 bits per heavy atom. The van der Waals surface area contributed by atoms with Crippen LogP contribution in [0.2, 0.25) is 0 Å². The monoisotopic (exact) mass is 353 g/mol. The number of amides is 1. The van der Waals surface area contributed by atoms with E-state index in [1.54, 1.807) is 30.8 Å². The third-order valence-electron chi connectivity index (χ3n) is 3.72. The number of rotatable bonds is 6. The first-order valence-electron chi connectivity index (χ1n) is 7.95. The molecule has 1 amide bonds. The van der Waals surface area contributed by atoms with Crippen molar-refractivity contribution in [2.75, 3.05) is 12.4 Å². The summed E-state index contributed by atoms with van der Waals surface area (Å²) in [5.41, 5.74) is 3.72. The Bertz CT molecular complexity index is 862. The van der Waals surface area contributed by atoms with Crippen molar-refractivity contribution in [3.05, 3.63) is 58.7 Å². The lowest BCUT2D eigenvalue weighted by Crippen LogP contribution is -2.13. The van der Waals surface area contributed by atoms with Crippen LogP contribution in [-0.2, 0) is 11.2 Å². The lowest BCUT2D eigenvalue weighted by Gasteiger charge is -2.10. The van der Waals surface area contributed by atoms with Crippen molar-refractivity contribution in [3.63, 3.8) is 0 Å². The van der Waals surface area contributed by atoms with Gasteiger partial charge in [-0.1, -0.05) is 6.07 Å². The Kier molecular flexibility index (Phi) is 5.40. The van der Waals surface area contributed by atoms with Crippen molar-refractivity contribution >= 4 is 22.9 Å². The van der Waals surface area contributed by atoms with Gasteiger partial charge in [-0.15, -0.1) is 11.3 Å². The molecule has 0 aliphatic heterocycles. The summed E-state index contributed by atoms with van der Waals surface area (Å²) in [5, 5.41) is 5.86. The van der Waals surface area contributed by atoms with E-state index in [0.717, 1.165) is 21.8 Å². The molecule has 0 spiro atoms. The van der Waals surface area contributed by atoms with Crippen molar-refractivity contribution in [3.8, 4) is 17.0 Å². The number of carbonyl (C=O) groups excluding carboxylic acids is 1. The molecule has 0 atom stereocenters. The smallest absolute Gasteiger partial charge is 0.224 e. The van der Waals surface area contributed by atoms with Gasteiger partial charge in [0.1, 0.15) is 5.75 Å². The second kappa shape index (κ2) is 7.90. The van der Waals surface area contributed by atoms with Crippen LogP contribution in [-0.4, -0.2) is 23.0 Å². The zero-order chi connectivity index (χ0) is 17.6. The van der Waals surface area contributed by atoms with Crippen LogP contribution >= 0.6 is 11.3 Å². The van der Waals surface area contributed by atoms with Gasteiger partial charge >= 0.3 is 0 Å². The zero-order valence-electron chi connectivity index (χ0n) is 14.2. The Labute approximate surface area is 150 Å². The van der Waals surface area contributed by atoms with Gasteiger partial charge in [0.2, 0.25) is 5.91 Å². The Morgan fingerprint density at radius 2 is 2.04 bits per heavy atom. The summed E-state index contributed by atoms with van der Waals surface area (Å²) in [6.07, 6.45) is 4.48. The molecule has 0 unspecified atom stereocenters. The average Bonchev–Trinajstić information content (AvgIpc) is 3.10. The summed E-state index contributed by atoms with van der Waals surface area (Å²) in [5.74, 6) is 0.609. The first-order valence-corrected chi connectivity index (χ1v) is 8.83. The number of benzene rings is 1. The van der Waals surface area contributed by atoms with Crippen LogP contribution in [0.25, 0.3) is 11.3 Å². The van der Waals surface area contributed by atoms with Gasteiger partial charge in [-0.3, -0.25) is 9.78 Å². The van der Waals surface area contributed by atoms with Crippen molar-refractivity contribution in [2.45, 2.75) is 19.8 Å². The van der Waals surface area contributed by atoms with Gasteiger partial charge < -0.3 is 10.1 Å². The molecule has 2 heterocycles. The Morgan fingerprint density at radius 3 is 2.80 bits per heavy atom. The molecule has 3 aromatic rings. The van der Waals surface area contributed by atoms with Crippen molar-refractivity contribution < 1.29 is 9.53 Å². The predicted octanol–water partition coefficient (Wildman–Crippen LogP) is 4.09. The van der Waals surface area contributed by atoms with Crippen LogP contribution in [0.4, 0.5) is 5.69 Å². The number of nitrogens with one attached hydrogen (secondary N) is 1. The number of ether oxygens (including phenoxy) is 1. The molecule has 0 radical (unpaired) electrons. The SMILES string of the molecule is COc1ccc(C)cc1NC(=O)CCc1nc(-c2ccncc2)cs1. The van der Waals surface area contributed by atoms with Crippen molar-refractivity contribution in [2.24, 2.45) is 0 Å². The third kappa shape index (κ3) is 4.42. The molecule has 0 bridgehead atoms. The lowest BCUT2D eigenvalue weighted by molar-refractivity contribution is -0.116. The fraction of sp³-hybridized carbons (Fsp3) is 0.211. The summed E-state index contributed by atoms with van der Waals surface area (Å²) >= 11 is 1.57. The zero-order valence-corrected chi connectivity index (χ0v) is 15.0. The van der Waals surface area contributed by atoms with Gasteiger partial charge in [0, 0.05) is 36.2 Å². The molecule has 0 aliphatic rings. The quantitative estimate of drug-likeness (QED) is 0.725. The Hall–Kier alpha value is -2.73. The number of pyridine rings is 1. The Balaban J connectivity index is 1.60. The fourth-order valence-electron chi connectivity index (χ4n) is 2.43. The van der Waals surface area contributed by atoms with Gasteiger partial charge in [0.15, 0.2) is 0 Å². The molecule has 0 fully saturated rings. The van der Waals surface area contributed by atoms with Crippen LogP contribution in [0.3, 0.4) is 0 Å². The van der Waals surface area contributed by atoms with E-state index >= 15 is 0 Å². The number of carbonyl (C=O) groups is 1. The topological polar surface area (TPSA) is 64.1 Å². The summed E-state index contributed by atoms with van der Waals surface area (Å²) in [7, 11) is 1.59. The van der Waals surface area contributed by atoms with Gasteiger partial charge in [-0.25, -0.2) is 4.98 Å². The number of hydrogen-bond donors (Lipinski definition) is 1. The number of methoxy groups -OCH3 is 1. The second-order valence-corrected chi connectivity index (χ2v) is 6.56. The van der Waals surface area contributed by atoms with Crippen LogP contribution in [0.1, 0.15) is 17.0 Å². The van der Waals surface area contributed by atoms with Gasteiger partial charge in [-0.05, 0) is 36.8 Å². The van der Waals surface area contributed by atoms with E-state index in [0.29, 0.717) is 24.3 Å². The van der Waals surface area contributed by atoms with E-state index in [9.17, 15) is 4.79 Å². The molecule has 0 saturated heterocycles. The molecule has 6 heteroatoms. The predicted molar refractivity (Wildman–Crippen MR) is 100 cm³/mol. The molecular formula is C19H19N3O2S.